The maximum Gasteiger partial charge on any atom is 0.244 e. The summed E-state index contributed by atoms with van der Waals surface area (Å²) in [6, 6.07) is 1.95. The van der Waals surface area contributed by atoms with Crippen LogP contribution in [0.3, 0.4) is 0 Å². The number of rotatable bonds is 5. The maximum atomic E-state index is 11.7. The van der Waals surface area contributed by atoms with E-state index in [0.717, 1.165) is 23.5 Å². The Balaban J connectivity index is 1.86. The first-order valence-electron chi connectivity index (χ1n) is 6.56. The molecule has 0 aromatic carbocycles. The van der Waals surface area contributed by atoms with Crippen molar-refractivity contribution in [2.75, 3.05) is 0 Å². The molecule has 0 saturated heterocycles. The Morgan fingerprint density at radius 2 is 2.30 bits per heavy atom. The highest BCUT2D eigenvalue weighted by atomic mass is 16.1. The largest absolute Gasteiger partial charge is 0.347 e. The van der Waals surface area contributed by atoms with Gasteiger partial charge in [-0.15, -0.1) is 0 Å². The molecule has 6 nitrogen and oxygen atoms in total. The predicted octanol–water partition coefficient (Wildman–Crippen LogP) is 1.27. The topological polar surface area (TPSA) is 64.7 Å². The van der Waals surface area contributed by atoms with Crippen molar-refractivity contribution in [1.29, 1.82) is 0 Å². The van der Waals surface area contributed by atoms with Gasteiger partial charge >= 0.3 is 0 Å². The molecule has 106 valence electrons. The van der Waals surface area contributed by atoms with E-state index in [9.17, 15) is 4.79 Å². The first kappa shape index (κ1) is 14.0. The van der Waals surface area contributed by atoms with E-state index in [0.29, 0.717) is 6.54 Å². The Hall–Kier alpha value is -2.37. The average molecular weight is 273 g/mol. The molecule has 0 unspecified atom stereocenters. The van der Waals surface area contributed by atoms with Crippen LogP contribution in [-0.4, -0.2) is 25.5 Å². The second-order valence-corrected chi connectivity index (χ2v) is 4.58. The van der Waals surface area contributed by atoms with Crippen LogP contribution >= 0.6 is 0 Å². The van der Waals surface area contributed by atoms with Crippen LogP contribution in [0.2, 0.25) is 0 Å². The summed E-state index contributed by atoms with van der Waals surface area (Å²) >= 11 is 0. The van der Waals surface area contributed by atoms with E-state index in [1.807, 2.05) is 37.8 Å². The van der Waals surface area contributed by atoms with Crippen LogP contribution in [0.1, 0.15) is 23.9 Å². The molecule has 0 aliphatic heterocycles. The molecule has 1 amide bonds. The fourth-order valence-corrected chi connectivity index (χ4v) is 1.77. The normalized spacial score (nSPS) is 11.2. The van der Waals surface area contributed by atoms with Crippen molar-refractivity contribution in [1.82, 2.24) is 24.9 Å². The van der Waals surface area contributed by atoms with Crippen molar-refractivity contribution in [2.24, 2.45) is 7.05 Å². The summed E-state index contributed by atoms with van der Waals surface area (Å²) < 4.78 is 3.60. The molecule has 0 fully saturated rings. The van der Waals surface area contributed by atoms with Gasteiger partial charge in [0.2, 0.25) is 5.91 Å². The maximum absolute atomic E-state index is 11.7. The summed E-state index contributed by atoms with van der Waals surface area (Å²) in [5.41, 5.74) is 2.83. The number of nitrogens with one attached hydrogen (secondary N) is 1. The van der Waals surface area contributed by atoms with E-state index in [4.69, 9.17) is 0 Å². The monoisotopic (exact) mass is 273 g/mol. The number of carbonyl (C=O) groups is 1. The Morgan fingerprint density at radius 3 is 2.90 bits per heavy atom. The summed E-state index contributed by atoms with van der Waals surface area (Å²) in [6.45, 7) is 5.24. The van der Waals surface area contributed by atoms with E-state index >= 15 is 0 Å². The first-order chi connectivity index (χ1) is 9.58. The number of aryl methyl sites for hydroxylation is 3. The molecule has 2 heterocycles. The number of aromatic nitrogens is 4. The molecule has 2 rings (SSSR count). The van der Waals surface area contributed by atoms with E-state index in [1.54, 1.807) is 17.0 Å². The van der Waals surface area contributed by atoms with Crippen LogP contribution in [0.15, 0.2) is 24.5 Å². The molecule has 6 heteroatoms. The lowest BCUT2D eigenvalue weighted by Crippen LogP contribution is -2.20. The third kappa shape index (κ3) is 3.57. The summed E-state index contributed by atoms with van der Waals surface area (Å²) in [6.07, 6.45) is 6.88. The van der Waals surface area contributed by atoms with Crippen LogP contribution in [0.5, 0.6) is 0 Å². The SMILES string of the molecule is CCn1cc(/C=C/C(=O)NCc2cc(C)n(C)n2)cn1. The number of amides is 1. The minimum Gasteiger partial charge on any atom is -0.347 e. The van der Waals surface area contributed by atoms with Gasteiger partial charge in [0.15, 0.2) is 0 Å². The molecule has 2 aromatic heterocycles. The first-order valence-corrected chi connectivity index (χ1v) is 6.56. The van der Waals surface area contributed by atoms with Crippen LogP contribution in [0.4, 0.5) is 0 Å². The van der Waals surface area contributed by atoms with Crippen LogP contribution in [-0.2, 0) is 24.9 Å². The van der Waals surface area contributed by atoms with E-state index in [1.165, 1.54) is 6.08 Å². The van der Waals surface area contributed by atoms with Crippen LogP contribution in [0.25, 0.3) is 6.08 Å². The van der Waals surface area contributed by atoms with Gasteiger partial charge in [-0.2, -0.15) is 10.2 Å². The molecule has 0 spiro atoms. The third-order valence-corrected chi connectivity index (χ3v) is 3.01. The van der Waals surface area contributed by atoms with E-state index in [2.05, 4.69) is 15.5 Å². The smallest absolute Gasteiger partial charge is 0.244 e. The van der Waals surface area contributed by atoms with Gasteiger partial charge in [-0.05, 0) is 26.0 Å². The molecule has 2 aromatic rings. The van der Waals surface area contributed by atoms with E-state index in [-0.39, 0.29) is 5.91 Å². The predicted molar refractivity (Wildman–Crippen MR) is 76.7 cm³/mol. The number of carbonyl (C=O) groups excluding carboxylic acids is 1. The minimum atomic E-state index is -0.141. The summed E-state index contributed by atoms with van der Waals surface area (Å²) in [7, 11) is 1.88. The summed E-state index contributed by atoms with van der Waals surface area (Å²) in [4.78, 5) is 11.7. The van der Waals surface area contributed by atoms with Gasteiger partial charge in [-0.25, -0.2) is 0 Å². The zero-order chi connectivity index (χ0) is 14.5. The lowest BCUT2D eigenvalue weighted by molar-refractivity contribution is -0.116. The quantitative estimate of drug-likeness (QED) is 0.834. The number of hydrogen-bond donors (Lipinski definition) is 1. The Kier molecular flexibility index (Phi) is 4.34. The summed E-state index contributed by atoms with van der Waals surface area (Å²) in [5.74, 6) is -0.141. The van der Waals surface area contributed by atoms with Gasteiger partial charge in [0.05, 0.1) is 18.4 Å². The molecule has 0 radical (unpaired) electrons. The third-order valence-electron chi connectivity index (χ3n) is 3.01. The molecule has 20 heavy (non-hydrogen) atoms. The Morgan fingerprint density at radius 1 is 1.50 bits per heavy atom. The molecule has 0 bridgehead atoms. The highest BCUT2D eigenvalue weighted by Crippen LogP contribution is 2.02. The minimum absolute atomic E-state index is 0.141. The molecular formula is C14H19N5O. The van der Waals surface area contributed by atoms with Crippen molar-refractivity contribution < 1.29 is 4.79 Å². The van der Waals surface area contributed by atoms with Gasteiger partial charge in [-0.1, -0.05) is 0 Å². The molecule has 0 aliphatic rings. The van der Waals surface area contributed by atoms with Gasteiger partial charge in [0.25, 0.3) is 0 Å². The van der Waals surface area contributed by atoms with Gasteiger partial charge in [-0.3, -0.25) is 14.2 Å². The molecule has 0 saturated carbocycles. The van der Waals surface area contributed by atoms with Crippen LogP contribution in [0, 0.1) is 6.92 Å². The van der Waals surface area contributed by atoms with E-state index < -0.39 is 0 Å². The van der Waals surface area contributed by atoms with Crippen molar-refractivity contribution in [3.8, 4) is 0 Å². The number of hydrogen-bond acceptors (Lipinski definition) is 3. The lowest BCUT2D eigenvalue weighted by atomic mass is 10.3. The standard InChI is InChI=1S/C14H19N5O/c1-4-19-10-12(8-16-19)5-6-14(20)15-9-13-7-11(2)18(3)17-13/h5-8,10H,4,9H2,1-3H3,(H,15,20)/b6-5+. The molecule has 0 atom stereocenters. The fraction of sp³-hybridized carbons (Fsp3) is 0.357. The van der Waals surface area contributed by atoms with Gasteiger partial charge in [0.1, 0.15) is 0 Å². The average Bonchev–Trinajstić information content (AvgIpc) is 3.01. The van der Waals surface area contributed by atoms with Gasteiger partial charge in [0, 0.05) is 37.1 Å². The molecular weight excluding hydrogens is 254 g/mol. The highest BCUT2D eigenvalue weighted by Gasteiger charge is 2.02. The molecule has 1 N–H and O–H groups in total. The Bertz CT molecular complexity index is 604. The Labute approximate surface area is 118 Å². The lowest BCUT2D eigenvalue weighted by Gasteiger charge is -1.97. The highest BCUT2D eigenvalue weighted by molar-refractivity contribution is 5.91. The van der Waals surface area contributed by atoms with Gasteiger partial charge < -0.3 is 5.32 Å². The second-order valence-electron chi connectivity index (χ2n) is 4.58. The second kappa shape index (κ2) is 6.18. The zero-order valence-electron chi connectivity index (χ0n) is 12.0. The van der Waals surface area contributed by atoms with Crippen molar-refractivity contribution in [3.63, 3.8) is 0 Å². The summed E-state index contributed by atoms with van der Waals surface area (Å²) in [5, 5.41) is 11.2. The zero-order valence-corrected chi connectivity index (χ0v) is 12.0. The van der Waals surface area contributed by atoms with Crippen molar-refractivity contribution in [3.05, 3.63) is 41.5 Å². The number of nitrogens with zero attached hydrogens (tertiary/aromatic N) is 4. The van der Waals surface area contributed by atoms with Crippen LogP contribution < -0.4 is 5.32 Å². The molecule has 0 aliphatic carbocycles. The van der Waals surface area contributed by atoms with Crippen molar-refractivity contribution >= 4 is 12.0 Å². The fourth-order valence-electron chi connectivity index (χ4n) is 1.77. The van der Waals surface area contributed by atoms with Crippen molar-refractivity contribution in [2.45, 2.75) is 26.9 Å².